The van der Waals surface area contributed by atoms with Crippen LogP contribution in [0.25, 0.3) is 11.5 Å². The summed E-state index contributed by atoms with van der Waals surface area (Å²) in [5.74, 6) is 0.696. The molecule has 1 aromatic heterocycles. The molecule has 1 heterocycles. The van der Waals surface area contributed by atoms with E-state index in [2.05, 4.69) is 10.1 Å². The Morgan fingerprint density at radius 2 is 2.29 bits per heavy atom. The number of phenolic OH excluding ortho intramolecular Hbond substituents is 1. The van der Waals surface area contributed by atoms with Crippen molar-refractivity contribution in [1.29, 1.82) is 0 Å². The fraction of sp³-hybridized carbons (Fsp3) is 0.273. The zero-order valence-electron chi connectivity index (χ0n) is 9.18. The van der Waals surface area contributed by atoms with E-state index >= 15 is 0 Å². The lowest BCUT2D eigenvalue weighted by Crippen LogP contribution is -1.93. The van der Waals surface area contributed by atoms with E-state index in [1.54, 1.807) is 12.1 Å². The largest absolute Gasteiger partial charge is 0.507 e. The zero-order valence-corrected chi connectivity index (χ0v) is 9.94. The number of hydrogen-bond acceptors (Lipinski definition) is 5. The summed E-state index contributed by atoms with van der Waals surface area (Å²) in [6.07, 6.45) is 0. The molecule has 1 aromatic carbocycles. The van der Waals surface area contributed by atoms with Gasteiger partial charge in [0, 0.05) is 11.6 Å². The molecule has 17 heavy (non-hydrogen) atoms. The second-order valence-electron chi connectivity index (χ2n) is 3.31. The molecule has 0 radical (unpaired) electrons. The van der Waals surface area contributed by atoms with Gasteiger partial charge in [-0.2, -0.15) is 4.98 Å². The fourth-order valence-electron chi connectivity index (χ4n) is 1.29. The number of phenols is 1. The van der Waals surface area contributed by atoms with Crippen LogP contribution in [0.15, 0.2) is 22.7 Å². The van der Waals surface area contributed by atoms with E-state index in [0.29, 0.717) is 23.0 Å². The summed E-state index contributed by atoms with van der Waals surface area (Å²) in [5.41, 5.74) is 0.410. The standard InChI is InChI=1S/C11H11ClN2O3/c1-2-16-6-10-13-11(17-14-10)8-5-7(12)3-4-9(8)15/h3-5,15H,2,6H2,1H3. The number of aromatic nitrogens is 2. The van der Waals surface area contributed by atoms with Crippen molar-refractivity contribution in [3.63, 3.8) is 0 Å². The summed E-state index contributed by atoms with van der Waals surface area (Å²) in [7, 11) is 0. The normalized spacial score (nSPS) is 10.7. The summed E-state index contributed by atoms with van der Waals surface area (Å²) in [6, 6.07) is 4.62. The number of hydrogen-bond donors (Lipinski definition) is 1. The van der Waals surface area contributed by atoms with Gasteiger partial charge in [0.15, 0.2) is 5.82 Å². The average Bonchev–Trinajstić information content (AvgIpc) is 2.78. The summed E-state index contributed by atoms with van der Waals surface area (Å²) in [6.45, 7) is 2.73. The van der Waals surface area contributed by atoms with Gasteiger partial charge in [0.05, 0.1) is 5.56 Å². The number of halogens is 1. The Morgan fingerprint density at radius 3 is 3.06 bits per heavy atom. The maximum absolute atomic E-state index is 9.66. The van der Waals surface area contributed by atoms with Gasteiger partial charge in [0.25, 0.3) is 5.89 Å². The fourth-order valence-corrected chi connectivity index (χ4v) is 1.47. The lowest BCUT2D eigenvalue weighted by molar-refractivity contribution is 0.126. The second kappa shape index (κ2) is 5.16. The molecule has 0 saturated heterocycles. The minimum absolute atomic E-state index is 0.0426. The smallest absolute Gasteiger partial charge is 0.261 e. The number of rotatable bonds is 4. The third-order valence-electron chi connectivity index (χ3n) is 2.09. The molecule has 0 aliphatic heterocycles. The van der Waals surface area contributed by atoms with E-state index in [9.17, 15) is 5.11 Å². The molecule has 90 valence electrons. The molecule has 1 N–H and O–H groups in total. The van der Waals surface area contributed by atoms with Gasteiger partial charge in [-0.05, 0) is 25.1 Å². The van der Waals surface area contributed by atoms with E-state index in [-0.39, 0.29) is 18.2 Å². The number of aromatic hydroxyl groups is 1. The zero-order chi connectivity index (χ0) is 12.3. The van der Waals surface area contributed by atoms with Crippen LogP contribution in [-0.2, 0) is 11.3 Å². The molecular formula is C11H11ClN2O3. The molecule has 0 aliphatic carbocycles. The third kappa shape index (κ3) is 2.75. The molecule has 0 bridgehead atoms. The van der Waals surface area contributed by atoms with Gasteiger partial charge in [-0.3, -0.25) is 0 Å². The SMILES string of the molecule is CCOCc1noc(-c2cc(Cl)ccc2O)n1. The summed E-state index contributed by atoms with van der Waals surface area (Å²) in [4.78, 5) is 4.10. The van der Waals surface area contributed by atoms with Crippen molar-refractivity contribution >= 4 is 11.6 Å². The number of benzene rings is 1. The second-order valence-corrected chi connectivity index (χ2v) is 3.75. The highest BCUT2D eigenvalue weighted by molar-refractivity contribution is 6.30. The van der Waals surface area contributed by atoms with Crippen LogP contribution in [0.3, 0.4) is 0 Å². The highest BCUT2D eigenvalue weighted by Gasteiger charge is 2.13. The van der Waals surface area contributed by atoms with E-state index in [0.717, 1.165) is 0 Å². The van der Waals surface area contributed by atoms with Crippen molar-refractivity contribution in [1.82, 2.24) is 10.1 Å². The Bertz CT molecular complexity index is 513. The highest BCUT2D eigenvalue weighted by atomic mass is 35.5. The quantitative estimate of drug-likeness (QED) is 0.908. The molecule has 2 rings (SSSR count). The average molecular weight is 255 g/mol. The van der Waals surface area contributed by atoms with Gasteiger partial charge < -0.3 is 14.4 Å². The maximum Gasteiger partial charge on any atom is 0.261 e. The van der Waals surface area contributed by atoms with Crippen molar-refractivity contribution < 1.29 is 14.4 Å². The summed E-state index contributed by atoms with van der Waals surface area (Å²) >= 11 is 5.83. The van der Waals surface area contributed by atoms with Crippen molar-refractivity contribution in [3.8, 4) is 17.2 Å². The molecule has 0 unspecified atom stereocenters. The minimum Gasteiger partial charge on any atom is -0.507 e. The van der Waals surface area contributed by atoms with E-state index in [1.165, 1.54) is 6.07 Å². The minimum atomic E-state index is 0.0426. The van der Waals surface area contributed by atoms with Gasteiger partial charge in [0.1, 0.15) is 12.4 Å². The Morgan fingerprint density at radius 1 is 1.47 bits per heavy atom. The predicted octanol–water partition coefficient (Wildman–Crippen LogP) is 2.63. The first kappa shape index (κ1) is 11.9. The Kier molecular flexibility index (Phi) is 3.61. The van der Waals surface area contributed by atoms with Crippen molar-refractivity contribution in [2.45, 2.75) is 13.5 Å². The van der Waals surface area contributed by atoms with Crippen LogP contribution in [0.5, 0.6) is 5.75 Å². The molecule has 0 fully saturated rings. The lowest BCUT2D eigenvalue weighted by atomic mass is 10.2. The molecule has 5 nitrogen and oxygen atoms in total. The van der Waals surface area contributed by atoms with Crippen molar-refractivity contribution in [2.75, 3.05) is 6.61 Å². The van der Waals surface area contributed by atoms with Crippen LogP contribution in [0.2, 0.25) is 5.02 Å². The Labute approximate surface area is 103 Å². The van der Waals surface area contributed by atoms with E-state index in [4.69, 9.17) is 20.9 Å². The first-order valence-electron chi connectivity index (χ1n) is 5.10. The van der Waals surface area contributed by atoms with Gasteiger partial charge in [-0.15, -0.1) is 0 Å². The first-order chi connectivity index (χ1) is 8.20. The molecule has 0 saturated carbocycles. The van der Waals surface area contributed by atoms with Gasteiger partial charge in [0.2, 0.25) is 0 Å². The van der Waals surface area contributed by atoms with Gasteiger partial charge >= 0.3 is 0 Å². The van der Waals surface area contributed by atoms with Gasteiger partial charge in [-0.25, -0.2) is 0 Å². The molecule has 2 aromatic rings. The monoisotopic (exact) mass is 254 g/mol. The molecule has 0 aliphatic rings. The van der Waals surface area contributed by atoms with Crippen LogP contribution in [0.1, 0.15) is 12.7 Å². The van der Waals surface area contributed by atoms with Crippen LogP contribution in [0.4, 0.5) is 0 Å². The van der Waals surface area contributed by atoms with E-state index in [1.807, 2.05) is 6.92 Å². The Hall–Kier alpha value is -1.59. The number of nitrogens with zero attached hydrogens (tertiary/aromatic N) is 2. The Balaban J connectivity index is 2.27. The highest BCUT2D eigenvalue weighted by Crippen LogP contribution is 2.30. The molecule has 0 amide bonds. The molecular weight excluding hydrogens is 244 g/mol. The van der Waals surface area contributed by atoms with Crippen molar-refractivity contribution in [3.05, 3.63) is 29.0 Å². The van der Waals surface area contributed by atoms with Crippen LogP contribution in [-0.4, -0.2) is 21.9 Å². The predicted molar refractivity (Wildman–Crippen MR) is 61.7 cm³/mol. The van der Waals surface area contributed by atoms with Crippen LogP contribution in [0, 0.1) is 0 Å². The number of ether oxygens (including phenoxy) is 1. The molecule has 0 spiro atoms. The first-order valence-corrected chi connectivity index (χ1v) is 5.47. The van der Waals surface area contributed by atoms with E-state index < -0.39 is 0 Å². The topological polar surface area (TPSA) is 68.4 Å². The molecule has 0 atom stereocenters. The molecule has 6 heteroatoms. The summed E-state index contributed by atoms with van der Waals surface area (Å²) < 4.78 is 10.2. The van der Waals surface area contributed by atoms with Crippen molar-refractivity contribution in [2.24, 2.45) is 0 Å². The third-order valence-corrected chi connectivity index (χ3v) is 2.33. The van der Waals surface area contributed by atoms with Crippen LogP contribution < -0.4 is 0 Å². The summed E-state index contributed by atoms with van der Waals surface area (Å²) in [5, 5.41) is 13.9. The lowest BCUT2D eigenvalue weighted by Gasteiger charge is -1.98. The van der Waals surface area contributed by atoms with Crippen LogP contribution >= 0.6 is 11.6 Å². The maximum atomic E-state index is 9.66. The van der Waals surface area contributed by atoms with Gasteiger partial charge in [-0.1, -0.05) is 16.8 Å².